The van der Waals surface area contributed by atoms with E-state index in [2.05, 4.69) is 13.8 Å². The van der Waals surface area contributed by atoms with Crippen LogP contribution in [0.2, 0.25) is 6.04 Å². The molecule has 78 valence electrons. The van der Waals surface area contributed by atoms with Crippen molar-refractivity contribution in [2.24, 2.45) is 0 Å². The topological polar surface area (TPSA) is 31.0 Å². The van der Waals surface area contributed by atoms with Crippen molar-refractivity contribution < 1.29 is 13.9 Å². The molecule has 0 aromatic carbocycles. The Balaban J connectivity index is 1.81. The zero-order valence-electron chi connectivity index (χ0n) is 8.62. The standard InChI is InChI=1S/C9H20O3Si/c1-3-12-13-5-4-8(2)10-6-9-7-11-9/h8-9H,3-7,13H2,1-2H3. The Morgan fingerprint density at radius 1 is 1.62 bits per heavy atom. The van der Waals surface area contributed by atoms with Crippen LogP contribution in [0.15, 0.2) is 0 Å². The molecule has 1 heterocycles. The molecule has 2 atom stereocenters. The summed E-state index contributed by atoms with van der Waals surface area (Å²) >= 11 is 0. The van der Waals surface area contributed by atoms with E-state index in [-0.39, 0.29) is 9.76 Å². The first-order valence-electron chi connectivity index (χ1n) is 5.14. The molecule has 3 nitrogen and oxygen atoms in total. The molecule has 0 aromatic heterocycles. The number of hydrogen-bond donors (Lipinski definition) is 0. The van der Waals surface area contributed by atoms with Gasteiger partial charge in [-0.1, -0.05) is 0 Å². The highest BCUT2D eigenvalue weighted by molar-refractivity contribution is 6.26. The van der Waals surface area contributed by atoms with Gasteiger partial charge in [0.05, 0.1) is 19.3 Å². The van der Waals surface area contributed by atoms with Gasteiger partial charge >= 0.3 is 0 Å². The van der Waals surface area contributed by atoms with Gasteiger partial charge in [-0.05, 0) is 26.3 Å². The third-order valence-electron chi connectivity index (χ3n) is 2.07. The molecule has 0 N–H and O–H groups in total. The second-order valence-corrected chi connectivity index (χ2v) is 4.96. The van der Waals surface area contributed by atoms with Crippen LogP contribution in [0.25, 0.3) is 0 Å². The Morgan fingerprint density at radius 3 is 3.00 bits per heavy atom. The zero-order chi connectivity index (χ0) is 9.52. The lowest BCUT2D eigenvalue weighted by Crippen LogP contribution is -2.13. The summed E-state index contributed by atoms with van der Waals surface area (Å²) in [7, 11) is -0.263. The number of ether oxygens (including phenoxy) is 2. The van der Waals surface area contributed by atoms with Crippen LogP contribution in [-0.2, 0) is 13.9 Å². The minimum Gasteiger partial charge on any atom is -0.424 e. The summed E-state index contributed by atoms with van der Waals surface area (Å²) in [6, 6.07) is 1.22. The van der Waals surface area contributed by atoms with Crippen molar-refractivity contribution in [3.8, 4) is 0 Å². The first-order chi connectivity index (χ1) is 6.33. The van der Waals surface area contributed by atoms with Gasteiger partial charge in [-0.25, -0.2) is 0 Å². The molecule has 0 radical (unpaired) electrons. The SMILES string of the molecule is CCO[SiH2]CCC(C)OCC1CO1. The fourth-order valence-corrected chi connectivity index (χ4v) is 2.37. The van der Waals surface area contributed by atoms with E-state index in [1.54, 1.807) is 0 Å². The maximum absolute atomic E-state index is 5.59. The predicted octanol–water partition coefficient (Wildman–Crippen LogP) is 0.719. The lowest BCUT2D eigenvalue weighted by molar-refractivity contribution is 0.0519. The van der Waals surface area contributed by atoms with Gasteiger partial charge in [0, 0.05) is 6.61 Å². The molecule has 1 aliphatic heterocycles. The minimum absolute atomic E-state index is 0.263. The van der Waals surface area contributed by atoms with Gasteiger partial charge in [0.1, 0.15) is 6.10 Å². The molecule has 1 aliphatic rings. The van der Waals surface area contributed by atoms with Crippen molar-refractivity contribution in [1.29, 1.82) is 0 Å². The molecule has 0 aliphatic carbocycles. The molecule has 13 heavy (non-hydrogen) atoms. The maximum Gasteiger partial charge on any atom is 0.161 e. The zero-order valence-corrected chi connectivity index (χ0v) is 10.0. The van der Waals surface area contributed by atoms with Crippen LogP contribution in [0.1, 0.15) is 20.3 Å². The molecule has 2 unspecified atom stereocenters. The molecule has 0 aromatic rings. The van der Waals surface area contributed by atoms with Crippen LogP contribution >= 0.6 is 0 Å². The second kappa shape index (κ2) is 6.54. The number of epoxide rings is 1. The van der Waals surface area contributed by atoms with Crippen molar-refractivity contribution in [3.05, 3.63) is 0 Å². The Bertz CT molecular complexity index is 128. The fourth-order valence-electron chi connectivity index (χ4n) is 1.14. The highest BCUT2D eigenvalue weighted by Crippen LogP contribution is 2.11. The lowest BCUT2D eigenvalue weighted by Gasteiger charge is -2.11. The molecule has 0 saturated carbocycles. The summed E-state index contributed by atoms with van der Waals surface area (Å²) in [4.78, 5) is 0. The fraction of sp³-hybridized carbons (Fsp3) is 1.00. The van der Waals surface area contributed by atoms with Crippen molar-refractivity contribution in [2.75, 3.05) is 19.8 Å². The smallest absolute Gasteiger partial charge is 0.161 e. The molecular formula is C9H20O3Si. The second-order valence-electron chi connectivity index (χ2n) is 3.44. The van der Waals surface area contributed by atoms with Crippen molar-refractivity contribution in [3.63, 3.8) is 0 Å². The van der Waals surface area contributed by atoms with Crippen LogP contribution in [0, 0.1) is 0 Å². The largest absolute Gasteiger partial charge is 0.424 e. The van der Waals surface area contributed by atoms with E-state index < -0.39 is 0 Å². The Labute approximate surface area is 82.7 Å². The molecule has 1 fully saturated rings. The molecule has 0 spiro atoms. The molecule has 4 heteroatoms. The summed E-state index contributed by atoms with van der Waals surface area (Å²) in [6.07, 6.45) is 1.91. The Morgan fingerprint density at radius 2 is 2.38 bits per heavy atom. The van der Waals surface area contributed by atoms with E-state index in [1.165, 1.54) is 6.04 Å². The highest BCUT2D eigenvalue weighted by atomic mass is 28.2. The third-order valence-corrected chi connectivity index (χ3v) is 3.47. The normalized spacial score (nSPS) is 24.0. The first kappa shape index (κ1) is 11.2. The van der Waals surface area contributed by atoms with Crippen LogP contribution < -0.4 is 0 Å². The van der Waals surface area contributed by atoms with Gasteiger partial charge < -0.3 is 13.9 Å². The van der Waals surface area contributed by atoms with Crippen LogP contribution in [0.4, 0.5) is 0 Å². The van der Waals surface area contributed by atoms with Gasteiger partial charge in [0.15, 0.2) is 9.76 Å². The average molecular weight is 204 g/mol. The monoisotopic (exact) mass is 204 g/mol. The maximum atomic E-state index is 5.59. The lowest BCUT2D eigenvalue weighted by atomic mass is 10.3. The molecule has 0 amide bonds. The van der Waals surface area contributed by atoms with E-state index >= 15 is 0 Å². The van der Waals surface area contributed by atoms with Crippen molar-refractivity contribution in [2.45, 2.75) is 38.5 Å². The molecule has 1 saturated heterocycles. The van der Waals surface area contributed by atoms with Crippen LogP contribution in [0.3, 0.4) is 0 Å². The van der Waals surface area contributed by atoms with Gasteiger partial charge in [0.25, 0.3) is 0 Å². The summed E-state index contributed by atoms with van der Waals surface area (Å²) in [5.74, 6) is 0. The van der Waals surface area contributed by atoms with E-state index in [0.717, 1.165) is 26.2 Å². The Hall–Kier alpha value is 0.0969. The predicted molar refractivity (Wildman–Crippen MR) is 54.7 cm³/mol. The highest BCUT2D eigenvalue weighted by Gasteiger charge is 2.23. The van der Waals surface area contributed by atoms with Crippen molar-refractivity contribution in [1.82, 2.24) is 0 Å². The summed E-state index contributed by atoms with van der Waals surface area (Å²) < 4.78 is 16.0. The molecular weight excluding hydrogens is 184 g/mol. The van der Waals surface area contributed by atoms with E-state index in [0.29, 0.717) is 12.2 Å². The third kappa shape index (κ3) is 6.21. The summed E-state index contributed by atoms with van der Waals surface area (Å²) in [6.45, 7) is 6.72. The van der Waals surface area contributed by atoms with E-state index in [9.17, 15) is 0 Å². The Kier molecular flexibility index (Phi) is 5.62. The quantitative estimate of drug-likeness (QED) is 0.332. The summed E-state index contributed by atoms with van der Waals surface area (Å²) in [5.41, 5.74) is 0. The van der Waals surface area contributed by atoms with Crippen LogP contribution in [-0.4, -0.2) is 41.8 Å². The van der Waals surface area contributed by atoms with Gasteiger partial charge in [-0.15, -0.1) is 0 Å². The number of hydrogen-bond acceptors (Lipinski definition) is 3. The van der Waals surface area contributed by atoms with E-state index in [4.69, 9.17) is 13.9 Å². The average Bonchev–Trinajstić information content (AvgIpc) is 2.92. The number of rotatable bonds is 8. The van der Waals surface area contributed by atoms with E-state index in [1.807, 2.05) is 0 Å². The van der Waals surface area contributed by atoms with Gasteiger partial charge in [0.2, 0.25) is 0 Å². The van der Waals surface area contributed by atoms with Gasteiger partial charge in [-0.3, -0.25) is 0 Å². The van der Waals surface area contributed by atoms with Crippen molar-refractivity contribution >= 4 is 9.76 Å². The first-order valence-corrected chi connectivity index (χ1v) is 6.71. The molecule has 1 rings (SSSR count). The summed E-state index contributed by atoms with van der Waals surface area (Å²) in [5, 5.41) is 0. The minimum atomic E-state index is -0.263. The van der Waals surface area contributed by atoms with Gasteiger partial charge in [-0.2, -0.15) is 0 Å². The molecule has 0 bridgehead atoms. The van der Waals surface area contributed by atoms with Crippen LogP contribution in [0.5, 0.6) is 0 Å².